The lowest BCUT2D eigenvalue weighted by atomic mass is 10.2. The van der Waals surface area contributed by atoms with Gasteiger partial charge < -0.3 is 15.3 Å². The fraction of sp³-hybridized carbons (Fsp3) is 0.833. The average Bonchev–Trinajstić information content (AvgIpc) is 2.25. The van der Waals surface area contributed by atoms with E-state index in [1.54, 1.807) is 0 Å². The maximum Gasteiger partial charge on any atom is 0.348 e. The number of aliphatic hydroxyl groups is 1. The van der Waals surface area contributed by atoms with Crippen LogP contribution < -0.4 is 0 Å². The largest absolute Gasteiger partial charge is 0.480 e. The van der Waals surface area contributed by atoms with E-state index in [-0.39, 0.29) is 11.8 Å². The van der Waals surface area contributed by atoms with Crippen LogP contribution in [0.25, 0.3) is 0 Å². The highest BCUT2D eigenvalue weighted by Crippen LogP contribution is 2.36. The van der Waals surface area contributed by atoms with E-state index in [0.717, 1.165) is 23.5 Å². The topological polar surface area (TPSA) is 94.8 Å². The van der Waals surface area contributed by atoms with Gasteiger partial charge in [-0.2, -0.15) is 0 Å². The molecule has 2 unspecified atom stereocenters. The fourth-order valence-corrected chi connectivity index (χ4v) is 3.60. The Morgan fingerprint density at radius 2 is 1.53 bits per heavy atom. The Bertz CT molecular complexity index is 319. The maximum absolute atomic E-state index is 11.3. The van der Waals surface area contributed by atoms with Crippen LogP contribution in [-0.2, 0) is 9.59 Å². The lowest BCUT2D eigenvalue weighted by Gasteiger charge is -2.29. The Labute approximate surface area is 122 Å². The number of rotatable bonds is 9. The predicted octanol–water partition coefficient (Wildman–Crippen LogP) is 1.99. The first-order valence-electron chi connectivity index (χ1n) is 6.05. The summed E-state index contributed by atoms with van der Waals surface area (Å²) in [7, 11) is 0. The maximum atomic E-state index is 11.3. The van der Waals surface area contributed by atoms with E-state index in [4.69, 9.17) is 0 Å². The number of carboxylic acid groups (broad SMARTS) is 2. The number of carbonyl (C=O) groups is 2. The second-order valence-electron chi connectivity index (χ2n) is 5.15. The minimum Gasteiger partial charge on any atom is -0.480 e. The van der Waals surface area contributed by atoms with Gasteiger partial charge in [-0.3, -0.25) is 4.79 Å². The summed E-state index contributed by atoms with van der Waals surface area (Å²) in [6, 6.07) is 0. The lowest BCUT2D eigenvalue weighted by molar-refractivity contribution is -0.155. The predicted molar refractivity (Wildman–Crippen MR) is 78.6 cm³/mol. The first kappa shape index (κ1) is 18.6. The molecule has 0 radical (unpaired) electrons. The van der Waals surface area contributed by atoms with Crippen molar-refractivity contribution in [3.63, 3.8) is 0 Å². The Kier molecular flexibility index (Phi) is 7.85. The normalized spacial score (nSPS) is 16.4. The van der Waals surface area contributed by atoms with Crippen molar-refractivity contribution in [1.82, 2.24) is 0 Å². The van der Waals surface area contributed by atoms with E-state index < -0.39 is 22.1 Å². The summed E-state index contributed by atoms with van der Waals surface area (Å²) in [6.07, 6.45) is 0. The summed E-state index contributed by atoms with van der Waals surface area (Å²) in [5.41, 5.74) is 0. The van der Waals surface area contributed by atoms with Crippen LogP contribution in [0, 0.1) is 11.8 Å². The summed E-state index contributed by atoms with van der Waals surface area (Å²) in [5, 5.41) is 27.2. The van der Waals surface area contributed by atoms with Crippen LogP contribution in [0.1, 0.15) is 27.7 Å². The quantitative estimate of drug-likeness (QED) is 0.561. The van der Waals surface area contributed by atoms with Crippen molar-refractivity contribution in [1.29, 1.82) is 0 Å². The fourth-order valence-electron chi connectivity index (χ4n) is 1.18. The van der Waals surface area contributed by atoms with E-state index in [1.165, 1.54) is 0 Å². The minimum atomic E-state index is -2.30. The molecule has 3 N–H and O–H groups in total. The van der Waals surface area contributed by atoms with Crippen LogP contribution in [0.5, 0.6) is 0 Å². The summed E-state index contributed by atoms with van der Waals surface area (Å²) in [6.45, 7) is 7.58. The number of thioether (sulfide) groups is 2. The van der Waals surface area contributed by atoms with Crippen LogP contribution in [-0.4, -0.2) is 48.9 Å². The third-order valence-electron chi connectivity index (χ3n) is 2.12. The molecule has 7 heteroatoms. The van der Waals surface area contributed by atoms with Crippen LogP contribution in [0.3, 0.4) is 0 Å². The van der Waals surface area contributed by atoms with Gasteiger partial charge in [-0.15, -0.1) is 23.5 Å². The van der Waals surface area contributed by atoms with Crippen molar-refractivity contribution in [3.8, 4) is 0 Å². The molecule has 0 heterocycles. The summed E-state index contributed by atoms with van der Waals surface area (Å²) < 4.78 is 0. The average molecular weight is 310 g/mol. The zero-order valence-corrected chi connectivity index (χ0v) is 13.3. The molecule has 0 aliphatic carbocycles. The van der Waals surface area contributed by atoms with Gasteiger partial charge in [0.25, 0.3) is 0 Å². The first-order chi connectivity index (χ1) is 8.61. The van der Waals surface area contributed by atoms with Crippen LogP contribution in [0.4, 0.5) is 0 Å². The second-order valence-corrected chi connectivity index (χ2v) is 7.53. The van der Waals surface area contributed by atoms with Gasteiger partial charge in [-0.1, -0.05) is 27.7 Å². The van der Waals surface area contributed by atoms with Crippen LogP contribution >= 0.6 is 23.5 Å². The molecule has 0 spiro atoms. The molecule has 0 aliphatic heterocycles. The molecule has 0 aliphatic rings. The van der Waals surface area contributed by atoms with Gasteiger partial charge in [0.1, 0.15) is 0 Å². The van der Waals surface area contributed by atoms with Gasteiger partial charge in [0, 0.05) is 0 Å². The van der Waals surface area contributed by atoms with Crippen LogP contribution in [0.15, 0.2) is 0 Å². The Balaban J connectivity index is 5.04. The minimum absolute atomic E-state index is 0.167. The monoisotopic (exact) mass is 310 g/mol. The molecule has 0 bridgehead atoms. The third-order valence-corrected chi connectivity index (χ3v) is 5.69. The second kappa shape index (κ2) is 8.01. The molecule has 2 atom stereocenters. The molecule has 0 saturated heterocycles. The van der Waals surface area contributed by atoms with Crippen molar-refractivity contribution < 1.29 is 24.9 Å². The van der Waals surface area contributed by atoms with E-state index in [1.807, 2.05) is 27.7 Å². The summed E-state index contributed by atoms with van der Waals surface area (Å²) in [4.78, 5) is 20.2. The standard InChI is InChI=1S/C12H22O5S2/c1-7(2)5-18-9(10(13)14)12(17,11(15)16)19-6-8(3)4/h7-9,17H,5-6H2,1-4H3,(H,13,14)(H,15,16). The Morgan fingerprint density at radius 3 is 1.84 bits per heavy atom. The molecular formula is C12H22O5S2. The highest BCUT2D eigenvalue weighted by Gasteiger charge is 2.49. The third kappa shape index (κ3) is 6.05. The van der Waals surface area contributed by atoms with Crippen molar-refractivity contribution in [2.45, 2.75) is 37.9 Å². The molecule has 0 fully saturated rings. The van der Waals surface area contributed by atoms with E-state index in [9.17, 15) is 24.9 Å². The SMILES string of the molecule is CC(C)CSC(C(=O)O)C(O)(SCC(C)C)C(=O)O. The molecule has 19 heavy (non-hydrogen) atoms. The lowest BCUT2D eigenvalue weighted by Crippen LogP contribution is -2.49. The van der Waals surface area contributed by atoms with Gasteiger partial charge in [0.05, 0.1) is 0 Å². The molecular weight excluding hydrogens is 288 g/mol. The molecule has 112 valence electrons. The molecule has 0 amide bonds. The van der Waals surface area contributed by atoms with Crippen molar-refractivity contribution in [2.24, 2.45) is 11.8 Å². The van der Waals surface area contributed by atoms with Crippen molar-refractivity contribution >= 4 is 35.5 Å². The zero-order chi connectivity index (χ0) is 15.2. The number of aliphatic carboxylic acids is 2. The Morgan fingerprint density at radius 1 is 1.05 bits per heavy atom. The zero-order valence-electron chi connectivity index (χ0n) is 11.6. The molecule has 0 aromatic carbocycles. The molecule has 0 saturated carbocycles. The molecule has 5 nitrogen and oxygen atoms in total. The van der Waals surface area contributed by atoms with Gasteiger partial charge in [-0.25, -0.2) is 4.79 Å². The van der Waals surface area contributed by atoms with Gasteiger partial charge in [0.2, 0.25) is 4.93 Å². The van der Waals surface area contributed by atoms with Crippen LogP contribution in [0.2, 0.25) is 0 Å². The van der Waals surface area contributed by atoms with E-state index in [0.29, 0.717) is 11.5 Å². The van der Waals surface area contributed by atoms with E-state index >= 15 is 0 Å². The van der Waals surface area contributed by atoms with Crippen molar-refractivity contribution in [3.05, 3.63) is 0 Å². The first-order valence-corrected chi connectivity index (χ1v) is 8.08. The number of hydrogen-bond donors (Lipinski definition) is 3. The summed E-state index contributed by atoms with van der Waals surface area (Å²) >= 11 is 1.76. The summed E-state index contributed by atoms with van der Waals surface area (Å²) in [5.74, 6) is -1.54. The molecule has 0 rings (SSSR count). The van der Waals surface area contributed by atoms with Gasteiger partial charge in [0.15, 0.2) is 5.25 Å². The van der Waals surface area contributed by atoms with Gasteiger partial charge >= 0.3 is 11.9 Å². The molecule has 0 aromatic heterocycles. The number of carboxylic acids is 2. The highest BCUT2D eigenvalue weighted by molar-refractivity contribution is 8.05. The number of hydrogen-bond acceptors (Lipinski definition) is 5. The highest BCUT2D eigenvalue weighted by atomic mass is 32.2. The van der Waals surface area contributed by atoms with Crippen molar-refractivity contribution in [2.75, 3.05) is 11.5 Å². The smallest absolute Gasteiger partial charge is 0.348 e. The van der Waals surface area contributed by atoms with E-state index in [2.05, 4.69) is 0 Å². The van der Waals surface area contributed by atoms with Gasteiger partial charge in [-0.05, 0) is 23.3 Å². The Hall–Kier alpha value is -0.400. The molecule has 0 aromatic rings.